The third-order valence-electron chi connectivity index (χ3n) is 4.67. The Bertz CT molecular complexity index is 627. The van der Waals surface area contributed by atoms with Crippen LogP contribution in [0, 0.1) is 5.41 Å². The summed E-state index contributed by atoms with van der Waals surface area (Å²) in [5.41, 5.74) is 7.77. The molecule has 0 unspecified atom stereocenters. The molecule has 1 aliphatic rings. The van der Waals surface area contributed by atoms with Crippen molar-refractivity contribution in [1.82, 2.24) is 20.2 Å². The molecule has 0 amide bonds. The van der Waals surface area contributed by atoms with E-state index in [1.165, 1.54) is 19.3 Å². The minimum Gasteiger partial charge on any atom is -0.495 e. The maximum absolute atomic E-state index is 5.86. The monoisotopic (exact) mass is 287 g/mol. The summed E-state index contributed by atoms with van der Waals surface area (Å²) >= 11 is 0. The molecule has 0 saturated heterocycles. The summed E-state index contributed by atoms with van der Waals surface area (Å²) in [6, 6.07) is 5.64. The van der Waals surface area contributed by atoms with E-state index in [0.29, 0.717) is 16.9 Å². The molecule has 21 heavy (non-hydrogen) atoms. The first-order valence-corrected chi connectivity index (χ1v) is 7.37. The number of tetrazole rings is 1. The number of nitrogens with zero attached hydrogens (tertiary/aromatic N) is 4. The van der Waals surface area contributed by atoms with Crippen molar-refractivity contribution < 1.29 is 4.74 Å². The van der Waals surface area contributed by atoms with Crippen molar-refractivity contribution in [2.75, 3.05) is 12.8 Å². The number of hydrogen-bond donors (Lipinski definition) is 1. The van der Waals surface area contributed by atoms with Crippen molar-refractivity contribution in [1.29, 1.82) is 0 Å². The van der Waals surface area contributed by atoms with Crippen LogP contribution in [0.15, 0.2) is 18.2 Å². The fourth-order valence-electron chi connectivity index (χ4n) is 2.99. The summed E-state index contributed by atoms with van der Waals surface area (Å²) in [7, 11) is 1.61. The van der Waals surface area contributed by atoms with Crippen LogP contribution in [0.5, 0.6) is 5.75 Å². The molecule has 1 saturated carbocycles. The fourth-order valence-corrected chi connectivity index (χ4v) is 2.99. The Hall–Kier alpha value is -2.11. The summed E-state index contributed by atoms with van der Waals surface area (Å²) in [6.07, 6.45) is 4.99. The van der Waals surface area contributed by atoms with E-state index in [0.717, 1.165) is 24.4 Å². The second-order valence-electron chi connectivity index (χ2n) is 5.82. The van der Waals surface area contributed by atoms with Gasteiger partial charge in [-0.3, -0.25) is 0 Å². The molecule has 0 aliphatic heterocycles. The third-order valence-corrected chi connectivity index (χ3v) is 4.67. The molecule has 6 heteroatoms. The predicted octanol–water partition coefficient (Wildman–Crippen LogP) is 2.51. The van der Waals surface area contributed by atoms with Crippen molar-refractivity contribution in [2.45, 2.75) is 39.2 Å². The van der Waals surface area contributed by atoms with Crippen molar-refractivity contribution >= 4 is 5.69 Å². The van der Waals surface area contributed by atoms with Gasteiger partial charge in [-0.1, -0.05) is 13.3 Å². The molecular weight excluding hydrogens is 266 g/mol. The van der Waals surface area contributed by atoms with Gasteiger partial charge in [0.15, 0.2) is 5.82 Å². The Labute approximate surface area is 124 Å². The van der Waals surface area contributed by atoms with Gasteiger partial charge in [-0.05, 0) is 53.3 Å². The molecule has 3 rings (SSSR count). The van der Waals surface area contributed by atoms with Gasteiger partial charge in [-0.15, -0.1) is 5.10 Å². The molecule has 1 heterocycles. The van der Waals surface area contributed by atoms with Gasteiger partial charge in [-0.2, -0.15) is 0 Å². The van der Waals surface area contributed by atoms with E-state index in [1.54, 1.807) is 7.11 Å². The molecule has 1 aliphatic carbocycles. The first kappa shape index (κ1) is 13.9. The average Bonchev–Trinajstić information content (AvgIpc) is 2.91. The van der Waals surface area contributed by atoms with Gasteiger partial charge in [0, 0.05) is 5.56 Å². The van der Waals surface area contributed by atoms with Gasteiger partial charge in [-0.25, -0.2) is 4.68 Å². The lowest BCUT2D eigenvalue weighted by Gasteiger charge is -2.41. The Morgan fingerprint density at radius 2 is 2.19 bits per heavy atom. The predicted molar refractivity (Wildman–Crippen MR) is 80.8 cm³/mol. The fraction of sp³-hybridized carbons (Fsp3) is 0.533. The van der Waals surface area contributed by atoms with Crippen LogP contribution in [0.4, 0.5) is 5.69 Å². The number of nitrogen functional groups attached to an aromatic ring is 1. The van der Waals surface area contributed by atoms with E-state index < -0.39 is 0 Å². The number of nitrogens with two attached hydrogens (primary N) is 1. The van der Waals surface area contributed by atoms with Gasteiger partial charge in [0.1, 0.15) is 5.75 Å². The molecular formula is C15H21N5O. The molecule has 1 aromatic heterocycles. The normalized spacial score (nSPS) is 16.5. The largest absolute Gasteiger partial charge is 0.495 e. The Balaban J connectivity index is 1.91. The highest BCUT2D eigenvalue weighted by Crippen LogP contribution is 2.45. The minimum absolute atomic E-state index is 0.363. The van der Waals surface area contributed by atoms with Gasteiger partial charge < -0.3 is 10.5 Å². The van der Waals surface area contributed by atoms with E-state index in [4.69, 9.17) is 10.5 Å². The topological polar surface area (TPSA) is 78.9 Å². The highest BCUT2D eigenvalue weighted by molar-refractivity contribution is 5.65. The highest BCUT2D eigenvalue weighted by Gasteiger charge is 2.36. The minimum atomic E-state index is 0.363. The molecule has 0 spiro atoms. The van der Waals surface area contributed by atoms with Gasteiger partial charge in [0.25, 0.3) is 0 Å². The molecule has 0 radical (unpaired) electrons. The summed E-state index contributed by atoms with van der Waals surface area (Å²) in [5.74, 6) is 1.42. The number of ether oxygens (including phenoxy) is 1. The highest BCUT2D eigenvalue weighted by atomic mass is 16.5. The number of hydrogen-bond acceptors (Lipinski definition) is 5. The van der Waals surface area contributed by atoms with Gasteiger partial charge >= 0.3 is 0 Å². The van der Waals surface area contributed by atoms with Crippen LogP contribution in [-0.4, -0.2) is 27.3 Å². The summed E-state index contributed by atoms with van der Waals surface area (Å²) in [6.45, 7) is 3.12. The maximum atomic E-state index is 5.86. The molecule has 112 valence electrons. The molecule has 0 bridgehead atoms. The molecule has 6 nitrogen and oxygen atoms in total. The number of anilines is 1. The van der Waals surface area contributed by atoms with Crippen molar-refractivity contribution in [2.24, 2.45) is 5.41 Å². The zero-order valence-electron chi connectivity index (χ0n) is 12.5. The van der Waals surface area contributed by atoms with Crippen LogP contribution in [0.25, 0.3) is 11.4 Å². The summed E-state index contributed by atoms with van der Waals surface area (Å²) < 4.78 is 7.19. The zero-order chi connectivity index (χ0) is 14.9. The SMILES string of the molecule is CCC1(Cn2nnnc2-c2ccc(N)c(OC)c2)CCC1. The lowest BCUT2D eigenvalue weighted by Crippen LogP contribution is -2.34. The number of rotatable bonds is 5. The van der Waals surface area contributed by atoms with Crippen LogP contribution in [-0.2, 0) is 6.54 Å². The molecule has 0 atom stereocenters. The number of methoxy groups -OCH3 is 1. The lowest BCUT2D eigenvalue weighted by molar-refractivity contribution is 0.0948. The first-order valence-electron chi connectivity index (χ1n) is 7.37. The van der Waals surface area contributed by atoms with E-state index in [2.05, 4.69) is 22.4 Å². The Morgan fingerprint density at radius 3 is 2.81 bits per heavy atom. The second kappa shape index (κ2) is 5.35. The molecule has 1 fully saturated rings. The van der Waals surface area contributed by atoms with Crippen LogP contribution in [0.3, 0.4) is 0 Å². The summed E-state index contributed by atoms with van der Waals surface area (Å²) in [5, 5.41) is 12.2. The van der Waals surface area contributed by atoms with Crippen LogP contribution < -0.4 is 10.5 Å². The van der Waals surface area contributed by atoms with E-state index in [9.17, 15) is 0 Å². The second-order valence-corrected chi connectivity index (χ2v) is 5.82. The Kier molecular flexibility index (Phi) is 3.53. The molecule has 2 aromatic rings. The van der Waals surface area contributed by atoms with E-state index >= 15 is 0 Å². The molecule has 2 N–H and O–H groups in total. The zero-order valence-corrected chi connectivity index (χ0v) is 12.5. The van der Waals surface area contributed by atoms with Crippen LogP contribution in [0.1, 0.15) is 32.6 Å². The third kappa shape index (κ3) is 2.46. The first-order chi connectivity index (χ1) is 10.2. The number of aromatic nitrogens is 4. The van der Waals surface area contributed by atoms with Crippen LogP contribution in [0.2, 0.25) is 0 Å². The maximum Gasteiger partial charge on any atom is 0.182 e. The van der Waals surface area contributed by atoms with Crippen molar-refractivity contribution in [3.8, 4) is 17.1 Å². The Morgan fingerprint density at radius 1 is 1.38 bits per heavy atom. The smallest absolute Gasteiger partial charge is 0.182 e. The van der Waals surface area contributed by atoms with Crippen molar-refractivity contribution in [3.63, 3.8) is 0 Å². The standard InChI is InChI=1S/C15H21N5O/c1-3-15(7-4-8-15)10-20-14(17-18-19-20)11-5-6-12(16)13(9-11)21-2/h5-6,9H,3-4,7-8,10,16H2,1-2H3. The van der Waals surface area contributed by atoms with Crippen molar-refractivity contribution in [3.05, 3.63) is 18.2 Å². The quantitative estimate of drug-likeness (QED) is 0.855. The lowest BCUT2D eigenvalue weighted by atomic mass is 9.67. The molecule has 1 aromatic carbocycles. The van der Waals surface area contributed by atoms with E-state index in [-0.39, 0.29) is 0 Å². The van der Waals surface area contributed by atoms with Crippen LogP contribution >= 0.6 is 0 Å². The average molecular weight is 287 g/mol. The van der Waals surface area contributed by atoms with Gasteiger partial charge in [0.05, 0.1) is 19.3 Å². The number of benzene rings is 1. The summed E-state index contributed by atoms with van der Waals surface area (Å²) in [4.78, 5) is 0. The van der Waals surface area contributed by atoms with E-state index in [1.807, 2.05) is 22.9 Å². The van der Waals surface area contributed by atoms with Gasteiger partial charge in [0.2, 0.25) is 0 Å².